The smallest absolute Gasteiger partial charge is 0.358 e. The topological polar surface area (TPSA) is 64.2 Å². The van der Waals surface area contributed by atoms with Gasteiger partial charge in [-0.25, -0.2) is 0 Å². The second-order valence-corrected chi connectivity index (χ2v) is 4.16. The van der Waals surface area contributed by atoms with E-state index in [-0.39, 0.29) is 5.82 Å². The van der Waals surface area contributed by atoms with E-state index in [1.54, 1.807) is 11.6 Å². The SMILES string of the molecule is Cn1cnc([N+](=O)[O-])c1N1CCCCCC1. The number of hydrogen-bond donors (Lipinski definition) is 0. The lowest BCUT2D eigenvalue weighted by Gasteiger charge is -2.21. The minimum absolute atomic E-state index is 0.0237. The fraction of sp³-hybridized carbons (Fsp3) is 0.700. The van der Waals surface area contributed by atoms with Crippen molar-refractivity contribution in [1.29, 1.82) is 0 Å². The molecule has 0 N–H and O–H groups in total. The molecule has 6 nitrogen and oxygen atoms in total. The van der Waals surface area contributed by atoms with Gasteiger partial charge in [-0.3, -0.25) is 4.57 Å². The predicted molar refractivity (Wildman–Crippen MR) is 60.5 cm³/mol. The van der Waals surface area contributed by atoms with Gasteiger partial charge in [0.25, 0.3) is 0 Å². The second kappa shape index (κ2) is 4.51. The Hall–Kier alpha value is -1.59. The summed E-state index contributed by atoms with van der Waals surface area (Å²) < 4.78 is 1.74. The zero-order chi connectivity index (χ0) is 11.5. The van der Waals surface area contributed by atoms with Crippen LogP contribution in [-0.4, -0.2) is 27.6 Å². The first kappa shape index (κ1) is 10.9. The van der Waals surface area contributed by atoms with Crippen LogP contribution in [0.1, 0.15) is 25.7 Å². The largest absolute Gasteiger partial charge is 0.406 e. The molecule has 88 valence electrons. The van der Waals surface area contributed by atoms with E-state index in [4.69, 9.17) is 0 Å². The van der Waals surface area contributed by atoms with E-state index in [1.165, 1.54) is 19.2 Å². The van der Waals surface area contributed by atoms with E-state index >= 15 is 0 Å². The van der Waals surface area contributed by atoms with Crippen LogP contribution < -0.4 is 4.90 Å². The average molecular weight is 224 g/mol. The van der Waals surface area contributed by atoms with Crippen molar-refractivity contribution in [3.05, 3.63) is 16.4 Å². The van der Waals surface area contributed by atoms with Crippen molar-refractivity contribution in [3.63, 3.8) is 0 Å². The molecule has 0 aliphatic carbocycles. The van der Waals surface area contributed by atoms with Gasteiger partial charge in [-0.2, -0.15) is 0 Å². The second-order valence-electron chi connectivity index (χ2n) is 4.16. The van der Waals surface area contributed by atoms with Crippen LogP contribution in [0.4, 0.5) is 11.6 Å². The summed E-state index contributed by atoms with van der Waals surface area (Å²) in [5.41, 5.74) is 0. The molecule has 6 heteroatoms. The molecule has 2 heterocycles. The zero-order valence-corrected chi connectivity index (χ0v) is 9.43. The van der Waals surface area contributed by atoms with E-state index in [2.05, 4.69) is 9.88 Å². The van der Waals surface area contributed by atoms with Gasteiger partial charge >= 0.3 is 5.82 Å². The molecule has 1 aromatic heterocycles. The Bertz CT molecular complexity index is 380. The van der Waals surface area contributed by atoms with Crippen LogP contribution in [0.5, 0.6) is 0 Å². The summed E-state index contributed by atoms with van der Waals surface area (Å²) in [6, 6.07) is 0. The van der Waals surface area contributed by atoms with E-state index in [0.29, 0.717) is 5.82 Å². The van der Waals surface area contributed by atoms with Gasteiger partial charge in [0.2, 0.25) is 12.1 Å². The third kappa shape index (κ3) is 2.00. The predicted octanol–water partition coefficient (Wildman–Crippen LogP) is 1.71. The first-order valence-electron chi connectivity index (χ1n) is 5.61. The van der Waals surface area contributed by atoms with E-state index in [9.17, 15) is 10.1 Å². The number of anilines is 1. The first-order valence-corrected chi connectivity index (χ1v) is 5.61. The first-order chi connectivity index (χ1) is 7.70. The highest BCUT2D eigenvalue weighted by Crippen LogP contribution is 2.27. The van der Waals surface area contributed by atoms with Gasteiger partial charge in [-0.15, -0.1) is 0 Å². The summed E-state index contributed by atoms with van der Waals surface area (Å²) in [5.74, 6) is 0.622. The summed E-state index contributed by atoms with van der Waals surface area (Å²) in [6.45, 7) is 1.78. The number of aromatic nitrogens is 2. The summed E-state index contributed by atoms with van der Waals surface area (Å²) >= 11 is 0. The molecule has 0 aromatic carbocycles. The van der Waals surface area contributed by atoms with Crippen LogP contribution in [0.2, 0.25) is 0 Å². The van der Waals surface area contributed by atoms with Gasteiger partial charge in [-0.05, 0) is 22.7 Å². The molecule has 0 atom stereocenters. The normalized spacial score (nSPS) is 17.2. The molecule has 1 aliphatic heterocycles. The number of nitrogens with zero attached hydrogens (tertiary/aromatic N) is 4. The molecule has 0 saturated carbocycles. The number of rotatable bonds is 2. The third-order valence-corrected chi connectivity index (χ3v) is 2.97. The Kier molecular flexibility index (Phi) is 3.07. The maximum atomic E-state index is 10.9. The van der Waals surface area contributed by atoms with Gasteiger partial charge in [-0.1, -0.05) is 12.8 Å². The van der Waals surface area contributed by atoms with Crippen LogP contribution in [0.3, 0.4) is 0 Å². The van der Waals surface area contributed by atoms with Crippen molar-refractivity contribution in [3.8, 4) is 0 Å². The molecule has 0 bridgehead atoms. The highest BCUT2D eigenvalue weighted by molar-refractivity contribution is 5.54. The molecule has 2 rings (SSSR count). The molecule has 1 aromatic rings. The van der Waals surface area contributed by atoms with Crippen LogP contribution in [-0.2, 0) is 7.05 Å². The lowest BCUT2D eigenvalue weighted by atomic mass is 10.2. The lowest BCUT2D eigenvalue weighted by molar-refractivity contribution is -0.388. The van der Waals surface area contributed by atoms with Crippen LogP contribution in [0, 0.1) is 10.1 Å². The van der Waals surface area contributed by atoms with Crippen molar-refractivity contribution in [1.82, 2.24) is 9.55 Å². The van der Waals surface area contributed by atoms with Crippen molar-refractivity contribution in [2.45, 2.75) is 25.7 Å². The molecule has 16 heavy (non-hydrogen) atoms. The highest BCUT2D eigenvalue weighted by atomic mass is 16.6. The van der Waals surface area contributed by atoms with E-state index in [0.717, 1.165) is 25.9 Å². The van der Waals surface area contributed by atoms with Crippen LogP contribution >= 0.6 is 0 Å². The molecule has 1 aliphatic rings. The molecule has 0 amide bonds. The Morgan fingerprint density at radius 1 is 1.31 bits per heavy atom. The third-order valence-electron chi connectivity index (χ3n) is 2.97. The minimum atomic E-state index is -0.403. The van der Waals surface area contributed by atoms with Crippen molar-refractivity contribution >= 4 is 11.6 Å². The standard InChI is InChI=1S/C10H16N4O2/c1-12-8-11-9(14(15)16)10(12)13-6-4-2-3-5-7-13/h8H,2-7H2,1H3. The zero-order valence-electron chi connectivity index (χ0n) is 9.43. The molecule has 1 fully saturated rings. The number of aryl methyl sites for hydroxylation is 1. The fourth-order valence-corrected chi connectivity index (χ4v) is 2.19. The maximum absolute atomic E-state index is 10.9. The number of imidazole rings is 1. The van der Waals surface area contributed by atoms with Crippen molar-refractivity contribution < 1.29 is 4.92 Å². The number of nitro groups is 1. The van der Waals surface area contributed by atoms with E-state index in [1.807, 2.05) is 0 Å². The van der Waals surface area contributed by atoms with Gasteiger partial charge in [0.05, 0.1) is 0 Å². The quantitative estimate of drug-likeness (QED) is 0.566. The fourth-order valence-electron chi connectivity index (χ4n) is 2.19. The molecule has 0 radical (unpaired) electrons. The Balaban J connectivity index is 2.29. The molecule has 0 spiro atoms. The Labute approximate surface area is 94.0 Å². The van der Waals surface area contributed by atoms with Gasteiger partial charge in [0, 0.05) is 20.1 Å². The monoisotopic (exact) mass is 224 g/mol. The van der Waals surface area contributed by atoms with Crippen molar-refractivity contribution in [2.24, 2.45) is 7.05 Å². The minimum Gasteiger partial charge on any atom is -0.358 e. The summed E-state index contributed by atoms with van der Waals surface area (Å²) in [5, 5.41) is 10.9. The van der Waals surface area contributed by atoms with Crippen molar-refractivity contribution in [2.75, 3.05) is 18.0 Å². The lowest BCUT2D eigenvalue weighted by Crippen LogP contribution is -2.26. The van der Waals surface area contributed by atoms with Gasteiger partial charge < -0.3 is 15.0 Å². The van der Waals surface area contributed by atoms with E-state index < -0.39 is 4.92 Å². The number of hydrogen-bond acceptors (Lipinski definition) is 4. The Morgan fingerprint density at radius 3 is 2.50 bits per heavy atom. The van der Waals surface area contributed by atoms with Gasteiger partial charge in [0.1, 0.15) is 0 Å². The molecular weight excluding hydrogens is 208 g/mol. The summed E-state index contributed by atoms with van der Waals surface area (Å²) in [4.78, 5) is 16.4. The average Bonchev–Trinajstić information content (AvgIpc) is 2.50. The van der Waals surface area contributed by atoms with Crippen LogP contribution in [0.15, 0.2) is 6.33 Å². The summed E-state index contributed by atoms with van der Waals surface area (Å²) in [6.07, 6.45) is 6.13. The molecular formula is C10H16N4O2. The Morgan fingerprint density at radius 2 is 1.94 bits per heavy atom. The molecule has 0 unspecified atom stereocenters. The molecule has 1 saturated heterocycles. The van der Waals surface area contributed by atoms with Crippen LogP contribution in [0.25, 0.3) is 0 Å². The van der Waals surface area contributed by atoms with Gasteiger partial charge in [0.15, 0.2) is 0 Å². The summed E-state index contributed by atoms with van der Waals surface area (Å²) in [7, 11) is 1.81. The maximum Gasteiger partial charge on any atom is 0.406 e. The highest BCUT2D eigenvalue weighted by Gasteiger charge is 2.25.